The summed E-state index contributed by atoms with van der Waals surface area (Å²) < 4.78 is 0. The van der Waals surface area contributed by atoms with Crippen LogP contribution in [0.25, 0.3) is 5.57 Å². The van der Waals surface area contributed by atoms with E-state index in [9.17, 15) is 0 Å². The number of hydrogen-bond donors (Lipinski definition) is 0. The van der Waals surface area contributed by atoms with Crippen molar-refractivity contribution < 1.29 is 0 Å². The zero-order valence-corrected chi connectivity index (χ0v) is 8.92. The zero-order valence-electron chi connectivity index (χ0n) is 8.16. The van der Waals surface area contributed by atoms with Gasteiger partial charge in [-0.3, -0.25) is 0 Å². The lowest BCUT2D eigenvalue weighted by atomic mass is 10.1. The van der Waals surface area contributed by atoms with E-state index in [-0.39, 0.29) is 0 Å². The molecule has 1 aromatic carbocycles. The largest absolute Gasteiger partial charge is 0.383 e. The maximum atomic E-state index is 6.04. The summed E-state index contributed by atoms with van der Waals surface area (Å²) in [4.78, 5) is 6.24. The van der Waals surface area contributed by atoms with E-state index in [1.165, 1.54) is 0 Å². The van der Waals surface area contributed by atoms with Gasteiger partial charge in [-0.25, -0.2) is 4.99 Å². The number of rotatable bonds is 1. The Hall–Kier alpha value is -1.28. The van der Waals surface area contributed by atoms with Crippen molar-refractivity contribution >= 4 is 28.0 Å². The molecule has 1 aliphatic heterocycles. The van der Waals surface area contributed by atoms with Crippen molar-refractivity contribution in [1.29, 1.82) is 0 Å². The summed E-state index contributed by atoms with van der Waals surface area (Å²) in [7, 11) is 3.94. The Kier molecular flexibility index (Phi) is 2.30. The zero-order chi connectivity index (χ0) is 10.1. The smallest absolute Gasteiger partial charge is 0.139 e. The summed E-state index contributed by atoms with van der Waals surface area (Å²) in [6.07, 6.45) is 1.98. The van der Waals surface area contributed by atoms with Crippen molar-refractivity contribution in [1.82, 2.24) is 4.90 Å². The van der Waals surface area contributed by atoms with E-state index in [1.807, 2.05) is 49.5 Å². The minimum Gasteiger partial charge on any atom is -0.383 e. The van der Waals surface area contributed by atoms with Crippen molar-refractivity contribution in [2.24, 2.45) is 4.99 Å². The van der Waals surface area contributed by atoms with Crippen molar-refractivity contribution in [2.45, 2.75) is 0 Å². The van der Waals surface area contributed by atoms with Gasteiger partial charge in [0, 0.05) is 31.4 Å². The van der Waals surface area contributed by atoms with E-state index in [0.29, 0.717) is 5.17 Å². The van der Waals surface area contributed by atoms with Gasteiger partial charge in [-0.15, -0.1) is 0 Å². The number of benzene rings is 1. The van der Waals surface area contributed by atoms with Gasteiger partial charge in [-0.1, -0.05) is 29.8 Å². The Morgan fingerprint density at radius 2 is 2.00 bits per heavy atom. The average molecular weight is 207 g/mol. The molecule has 1 aliphatic rings. The van der Waals surface area contributed by atoms with Crippen LogP contribution in [0.3, 0.4) is 0 Å². The highest BCUT2D eigenvalue weighted by Crippen LogP contribution is 2.35. The molecule has 1 aromatic rings. The molecule has 1 heterocycles. The van der Waals surface area contributed by atoms with Crippen LogP contribution >= 0.6 is 11.6 Å². The summed E-state index contributed by atoms with van der Waals surface area (Å²) >= 11 is 6.04. The van der Waals surface area contributed by atoms with Crippen LogP contribution in [0.1, 0.15) is 5.56 Å². The van der Waals surface area contributed by atoms with Gasteiger partial charge >= 0.3 is 0 Å². The molecule has 0 N–H and O–H groups in total. The van der Waals surface area contributed by atoms with Gasteiger partial charge in [0.2, 0.25) is 0 Å². The first-order valence-electron chi connectivity index (χ1n) is 4.40. The highest BCUT2D eigenvalue weighted by molar-refractivity contribution is 6.77. The molecule has 0 fully saturated rings. The van der Waals surface area contributed by atoms with E-state index < -0.39 is 0 Å². The van der Waals surface area contributed by atoms with Crippen LogP contribution in [0.2, 0.25) is 0 Å². The first-order chi connectivity index (χ1) is 6.68. The predicted molar refractivity (Wildman–Crippen MR) is 61.1 cm³/mol. The molecular weight excluding hydrogens is 196 g/mol. The normalized spacial score (nSPS) is 16.8. The molecule has 0 saturated heterocycles. The molecular formula is C11H11ClN2. The van der Waals surface area contributed by atoms with Gasteiger partial charge in [0.25, 0.3) is 0 Å². The number of halogens is 1. The SMILES string of the molecule is CN(C)/C=C1\C(Cl)=Nc2ccccc21. The average Bonchev–Trinajstić information content (AvgIpc) is 2.43. The highest BCUT2D eigenvalue weighted by Gasteiger charge is 2.18. The molecule has 0 aromatic heterocycles. The van der Waals surface area contributed by atoms with E-state index in [4.69, 9.17) is 11.6 Å². The lowest BCUT2D eigenvalue weighted by molar-refractivity contribution is 0.566. The number of nitrogens with zero attached hydrogens (tertiary/aromatic N) is 2. The van der Waals surface area contributed by atoms with Crippen molar-refractivity contribution in [2.75, 3.05) is 14.1 Å². The molecule has 14 heavy (non-hydrogen) atoms. The maximum Gasteiger partial charge on any atom is 0.139 e. The van der Waals surface area contributed by atoms with Gasteiger partial charge in [-0.2, -0.15) is 0 Å². The summed E-state index contributed by atoms with van der Waals surface area (Å²) in [5.41, 5.74) is 3.05. The number of para-hydroxylation sites is 1. The summed E-state index contributed by atoms with van der Waals surface area (Å²) in [6.45, 7) is 0. The molecule has 0 radical (unpaired) electrons. The standard InChI is InChI=1S/C11H11ClN2/c1-14(2)7-9-8-5-3-4-6-10(8)13-11(9)12/h3-7H,1-2H3/b9-7-. The van der Waals surface area contributed by atoms with Crippen LogP contribution in [0.5, 0.6) is 0 Å². The Labute approximate surface area is 88.5 Å². The van der Waals surface area contributed by atoms with Crippen LogP contribution in [0.15, 0.2) is 35.5 Å². The molecule has 0 aliphatic carbocycles. The summed E-state index contributed by atoms with van der Waals surface area (Å²) in [5.74, 6) is 0. The molecule has 0 atom stereocenters. The first kappa shape index (κ1) is 9.28. The fraction of sp³-hybridized carbons (Fsp3) is 0.182. The number of allylic oxidation sites excluding steroid dienone is 1. The first-order valence-corrected chi connectivity index (χ1v) is 4.78. The van der Waals surface area contributed by atoms with E-state index in [2.05, 4.69) is 4.99 Å². The molecule has 0 saturated carbocycles. The Morgan fingerprint density at radius 1 is 1.29 bits per heavy atom. The van der Waals surface area contributed by atoms with Crippen molar-refractivity contribution in [3.63, 3.8) is 0 Å². The molecule has 72 valence electrons. The number of fused-ring (bicyclic) bond motifs is 1. The van der Waals surface area contributed by atoms with Gasteiger partial charge < -0.3 is 4.90 Å². The quantitative estimate of drug-likeness (QED) is 0.690. The van der Waals surface area contributed by atoms with Crippen molar-refractivity contribution in [3.05, 3.63) is 36.0 Å². The Bertz CT molecular complexity index is 419. The van der Waals surface area contributed by atoms with Gasteiger partial charge in [0.1, 0.15) is 5.17 Å². The lowest BCUT2D eigenvalue weighted by Gasteiger charge is -2.07. The third kappa shape index (κ3) is 1.53. The third-order valence-corrected chi connectivity index (χ3v) is 2.31. The summed E-state index contributed by atoms with van der Waals surface area (Å²) in [5, 5.41) is 0.569. The van der Waals surface area contributed by atoms with E-state index >= 15 is 0 Å². The van der Waals surface area contributed by atoms with Gasteiger partial charge in [-0.05, 0) is 6.07 Å². The van der Waals surface area contributed by atoms with E-state index in [0.717, 1.165) is 16.8 Å². The molecule has 0 amide bonds. The van der Waals surface area contributed by atoms with Crippen molar-refractivity contribution in [3.8, 4) is 0 Å². The monoisotopic (exact) mass is 206 g/mol. The van der Waals surface area contributed by atoms with Gasteiger partial charge in [0.15, 0.2) is 0 Å². The van der Waals surface area contributed by atoms with Crippen LogP contribution in [0, 0.1) is 0 Å². The fourth-order valence-corrected chi connectivity index (χ4v) is 1.70. The molecule has 0 spiro atoms. The fourth-order valence-electron chi connectivity index (χ4n) is 1.46. The van der Waals surface area contributed by atoms with Crippen LogP contribution < -0.4 is 0 Å². The van der Waals surface area contributed by atoms with Crippen LogP contribution in [-0.4, -0.2) is 24.2 Å². The second-order valence-electron chi connectivity index (χ2n) is 3.43. The third-order valence-electron chi connectivity index (χ3n) is 2.02. The predicted octanol–water partition coefficient (Wildman–Crippen LogP) is 2.87. The minimum atomic E-state index is 0.569. The highest BCUT2D eigenvalue weighted by atomic mass is 35.5. The molecule has 0 unspecified atom stereocenters. The molecule has 3 heteroatoms. The summed E-state index contributed by atoms with van der Waals surface area (Å²) in [6, 6.07) is 7.95. The molecule has 2 nitrogen and oxygen atoms in total. The molecule has 2 rings (SSSR count). The second-order valence-corrected chi connectivity index (χ2v) is 3.78. The van der Waals surface area contributed by atoms with Crippen LogP contribution in [-0.2, 0) is 0 Å². The number of hydrogen-bond acceptors (Lipinski definition) is 2. The van der Waals surface area contributed by atoms with E-state index in [1.54, 1.807) is 0 Å². The topological polar surface area (TPSA) is 15.6 Å². The number of aliphatic imine (C=N–C) groups is 1. The van der Waals surface area contributed by atoms with Crippen LogP contribution in [0.4, 0.5) is 5.69 Å². The maximum absolute atomic E-state index is 6.04. The Morgan fingerprint density at radius 3 is 2.71 bits per heavy atom. The Balaban J connectivity index is 2.52. The lowest BCUT2D eigenvalue weighted by Crippen LogP contribution is -2.03. The molecule has 0 bridgehead atoms. The second kappa shape index (κ2) is 3.46. The minimum absolute atomic E-state index is 0.569. The van der Waals surface area contributed by atoms with Gasteiger partial charge in [0.05, 0.1) is 5.69 Å².